The maximum Gasteiger partial charge on any atom is 0.269 e. The molecule has 0 N–H and O–H groups in total. The van der Waals surface area contributed by atoms with Crippen molar-refractivity contribution in [3.8, 4) is 17.0 Å². The average molecular weight is 269 g/mol. The lowest BCUT2D eigenvalue weighted by Gasteiger charge is -1.99. The molecule has 0 atom stereocenters. The number of non-ortho nitro benzene ring substituents is 1. The summed E-state index contributed by atoms with van der Waals surface area (Å²) in [6.45, 7) is 0. The van der Waals surface area contributed by atoms with Crippen molar-refractivity contribution in [2.75, 3.05) is 7.11 Å². The van der Waals surface area contributed by atoms with Gasteiger partial charge < -0.3 is 9.14 Å². The zero-order chi connectivity index (χ0) is 14.1. The number of imidazole rings is 1. The molecule has 100 valence electrons. The number of rotatable bonds is 3. The molecule has 0 aliphatic rings. The van der Waals surface area contributed by atoms with Crippen LogP contribution in [0.5, 0.6) is 5.75 Å². The van der Waals surface area contributed by atoms with Gasteiger partial charge >= 0.3 is 0 Å². The molecule has 0 amide bonds. The molecule has 0 fully saturated rings. The Hall–Kier alpha value is -2.89. The number of nitro groups is 1. The first-order chi connectivity index (χ1) is 9.69. The summed E-state index contributed by atoms with van der Waals surface area (Å²) in [5.74, 6) is 0.681. The molecule has 0 bridgehead atoms. The number of benzene rings is 1. The Labute approximate surface area is 114 Å². The molecule has 0 saturated heterocycles. The fraction of sp³-hybridized carbons (Fsp3) is 0.0714. The molecule has 6 nitrogen and oxygen atoms in total. The van der Waals surface area contributed by atoms with Gasteiger partial charge in [-0.3, -0.25) is 10.1 Å². The van der Waals surface area contributed by atoms with E-state index in [0.717, 1.165) is 11.3 Å². The lowest BCUT2D eigenvalue weighted by molar-refractivity contribution is -0.384. The molecule has 0 radical (unpaired) electrons. The number of hydrogen-bond donors (Lipinski definition) is 0. The number of aromatic nitrogens is 2. The van der Waals surface area contributed by atoms with Crippen molar-refractivity contribution in [3.05, 3.63) is 58.9 Å². The fourth-order valence-electron chi connectivity index (χ4n) is 2.04. The molecule has 0 unspecified atom stereocenters. The van der Waals surface area contributed by atoms with E-state index in [-0.39, 0.29) is 5.69 Å². The van der Waals surface area contributed by atoms with Crippen molar-refractivity contribution >= 4 is 11.3 Å². The monoisotopic (exact) mass is 269 g/mol. The van der Waals surface area contributed by atoms with E-state index < -0.39 is 4.92 Å². The van der Waals surface area contributed by atoms with Gasteiger partial charge in [-0.1, -0.05) is 0 Å². The molecule has 0 spiro atoms. The average Bonchev–Trinajstić information content (AvgIpc) is 2.91. The summed E-state index contributed by atoms with van der Waals surface area (Å²) in [5.41, 5.74) is 2.34. The van der Waals surface area contributed by atoms with Crippen molar-refractivity contribution in [1.29, 1.82) is 0 Å². The lowest BCUT2D eigenvalue weighted by Crippen LogP contribution is -1.88. The summed E-state index contributed by atoms with van der Waals surface area (Å²) in [5, 5.41) is 10.6. The second-order valence-corrected chi connectivity index (χ2v) is 4.24. The van der Waals surface area contributed by atoms with Gasteiger partial charge in [0.15, 0.2) is 11.4 Å². The van der Waals surface area contributed by atoms with Crippen LogP contribution in [0.1, 0.15) is 0 Å². The van der Waals surface area contributed by atoms with Crippen LogP contribution >= 0.6 is 0 Å². The molecule has 0 aliphatic carbocycles. The van der Waals surface area contributed by atoms with Crippen LogP contribution in [0.2, 0.25) is 0 Å². The summed E-state index contributed by atoms with van der Waals surface area (Å²) in [7, 11) is 1.59. The van der Waals surface area contributed by atoms with Gasteiger partial charge in [0.05, 0.1) is 17.7 Å². The molecular formula is C14H11N3O3. The van der Waals surface area contributed by atoms with Crippen LogP contribution in [-0.4, -0.2) is 21.4 Å². The number of hydrogen-bond acceptors (Lipinski definition) is 4. The van der Waals surface area contributed by atoms with E-state index in [1.54, 1.807) is 19.2 Å². The van der Waals surface area contributed by atoms with Crippen LogP contribution in [0, 0.1) is 10.1 Å². The van der Waals surface area contributed by atoms with E-state index >= 15 is 0 Å². The molecular weight excluding hydrogens is 258 g/mol. The van der Waals surface area contributed by atoms with Crippen LogP contribution in [0.15, 0.2) is 48.8 Å². The quantitative estimate of drug-likeness (QED) is 0.541. The van der Waals surface area contributed by atoms with E-state index in [1.165, 1.54) is 12.1 Å². The topological polar surface area (TPSA) is 69.7 Å². The van der Waals surface area contributed by atoms with E-state index in [0.29, 0.717) is 11.4 Å². The normalized spacial score (nSPS) is 10.7. The highest BCUT2D eigenvalue weighted by Gasteiger charge is 2.10. The molecule has 0 saturated carbocycles. The third-order valence-corrected chi connectivity index (χ3v) is 3.04. The standard InChI is InChI=1S/C14H11N3O3/c1-20-13-3-2-8-16-9-12(15-14(13)16)10-4-6-11(7-5-10)17(18)19/h2-9H,1H3. The minimum absolute atomic E-state index is 0.0649. The zero-order valence-corrected chi connectivity index (χ0v) is 10.7. The minimum atomic E-state index is -0.420. The number of pyridine rings is 1. The van der Waals surface area contributed by atoms with Gasteiger partial charge in [0.1, 0.15) is 0 Å². The van der Waals surface area contributed by atoms with Crippen LogP contribution in [0.4, 0.5) is 5.69 Å². The van der Waals surface area contributed by atoms with Gasteiger partial charge in [-0.15, -0.1) is 0 Å². The van der Waals surface area contributed by atoms with Gasteiger partial charge in [0.2, 0.25) is 0 Å². The first-order valence-corrected chi connectivity index (χ1v) is 5.95. The predicted octanol–water partition coefficient (Wildman–Crippen LogP) is 2.92. The van der Waals surface area contributed by atoms with E-state index in [1.807, 2.05) is 28.9 Å². The number of ether oxygens (including phenoxy) is 1. The molecule has 3 rings (SSSR count). The molecule has 2 heterocycles. The van der Waals surface area contributed by atoms with Crippen molar-refractivity contribution in [2.24, 2.45) is 0 Å². The lowest BCUT2D eigenvalue weighted by atomic mass is 10.1. The van der Waals surface area contributed by atoms with Crippen LogP contribution < -0.4 is 4.74 Å². The summed E-state index contributed by atoms with van der Waals surface area (Å²) in [4.78, 5) is 14.7. The molecule has 3 aromatic rings. The van der Waals surface area contributed by atoms with Crippen LogP contribution in [0.3, 0.4) is 0 Å². The highest BCUT2D eigenvalue weighted by atomic mass is 16.6. The Balaban J connectivity index is 2.08. The Bertz CT molecular complexity index is 778. The molecule has 20 heavy (non-hydrogen) atoms. The molecule has 0 aliphatic heterocycles. The second-order valence-electron chi connectivity index (χ2n) is 4.24. The number of fused-ring (bicyclic) bond motifs is 1. The smallest absolute Gasteiger partial charge is 0.269 e. The maximum absolute atomic E-state index is 10.6. The Morgan fingerprint density at radius 3 is 2.65 bits per heavy atom. The van der Waals surface area contributed by atoms with Gasteiger partial charge in [-0.05, 0) is 24.3 Å². The second kappa shape index (κ2) is 4.65. The summed E-state index contributed by atoms with van der Waals surface area (Å²) < 4.78 is 7.11. The fourth-order valence-corrected chi connectivity index (χ4v) is 2.04. The van der Waals surface area contributed by atoms with Crippen molar-refractivity contribution in [2.45, 2.75) is 0 Å². The Morgan fingerprint density at radius 1 is 1.25 bits per heavy atom. The first-order valence-electron chi connectivity index (χ1n) is 5.95. The molecule has 2 aromatic heterocycles. The van der Waals surface area contributed by atoms with E-state index in [2.05, 4.69) is 4.98 Å². The minimum Gasteiger partial charge on any atom is -0.493 e. The van der Waals surface area contributed by atoms with Crippen molar-refractivity contribution in [3.63, 3.8) is 0 Å². The summed E-state index contributed by atoms with van der Waals surface area (Å²) in [6.07, 6.45) is 3.73. The van der Waals surface area contributed by atoms with Gasteiger partial charge in [-0.25, -0.2) is 4.98 Å². The summed E-state index contributed by atoms with van der Waals surface area (Å²) >= 11 is 0. The van der Waals surface area contributed by atoms with Crippen LogP contribution in [0.25, 0.3) is 16.9 Å². The number of nitrogens with zero attached hydrogens (tertiary/aromatic N) is 3. The molecule has 1 aromatic carbocycles. The SMILES string of the molecule is COc1cccn2cc(-c3ccc([N+](=O)[O-])cc3)nc12. The Kier molecular flexibility index (Phi) is 2.83. The van der Waals surface area contributed by atoms with Gasteiger partial charge in [0.25, 0.3) is 5.69 Å². The van der Waals surface area contributed by atoms with Gasteiger partial charge in [-0.2, -0.15) is 0 Å². The van der Waals surface area contributed by atoms with Crippen molar-refractivity contribution in [1.82, 2.24) is 9.38 Å². The first kappa shape index (κ1) is 12.2. The van der Waals surface area contributed by atoms with Gasteiger partial charge in [0, 0.05) is 30.1 Å². The number of methoxy groups -OCH3 is 1. The highest BCUT2D eigenvalue weighted by Crippen LogP contribution is 2.25. The van der Waals surface area contributed by atoms with Crippen LogP contribution in [-0.2, 0) is 0 Å². The molecule has 6 heteroatoms. The highest BCUT2D eigenvalue weighted by molar-refractivity contribution is 5.66. The largest absolute Gasteiger partial charge is 0.493 e. The number of nitro benzene ring substituents is 1. The Morgan fingerprint density at radius 2 is 2.00 bits per heavy atom. The van der Waals surface area contributed by atoms with Crippen molar-refractivity contribution < 1.29 is 9.66 Å². The summed E-state index contributed by atoms with van der Waals surface area (Å²) in [6, 6.07) is 10.0. The third kappa shape index (κ3) is 1.97. The zero-order valence-electron chi connectivity index (χ0n) is 10.7. The maximum atomic E-state index is 10.6. The third-order valence-electron chi connectivity index (χ3n) is 3.04. The van der Waals surface area contributed by atoms with E-state index in [9.17, 15) is 10.1 Å². The van der Waals surface area contributed by atoms with E-state index in [4.69, 9.17) is 4.74 Å². The predicted molar refractivity (Wildman–Crippen MR) is 73.8 cm³/mol.